The smallest absolute Gasteiger partial charge is 0.303 e. The van der Waals surface area contributed by atoms with Gasteiger partial charge in [-0.2, -0.15) is 0 Å². The summed E-state index contributed by atoms with van der Waals surface area (Å²) in [4.78, 5) is 25.2. The Kier molecular flexibility index (Phi) is 8.08. The molecule has 0 radical (unpaired) electrons. The summed E-state index contributed by atoms with van der Waals surface area (Å²) in [5, 5.41) is 8.71. The third-order valence-corrected chi connectivity index (χ3v) is 5.20. The van der Waals surface area contributed by atoms with Crippen LogP contribution in [0.2, 0.25) is 0 Å². The number of unbranched alkanes of at least 4 members (excludes halogenated alkanes) is 2. The van der Waals surface area contributed by atoms with Gasteiger partial charge in [-0.05, 0) is 56.5 Å². The van der Waals surface area contributed by atoms with Crippen LogP contribution in [0.5, 0.6) is 5.75 Å². The highest BCUT2D eigenvalue weighted by Crippen LogP contribution is 2.24. The number of carbonyl (C=O) groups is 2. The number of hydrogen-bond donors (Lipinski definition) is 1. The van der Waals surface area contributed by atoms with Crippen molar-refractivity contribution in [1.82, 2.24) is 4.90 Å². The molecule has 3 rings (SSSR count). The van der Waals surface area contributed by atoms with E-state index >= 15 is 0 Å². The van der Waals surface area contributed by atoms with Gasteiger partial charge >= 0.3 is 5.97 Å². The van der Waals surface area contributed by atoms with E-state index in [0.29, 0.717) is 25.1 Å². The summed E-state index contributed by atoms with van der Waals surface area (Å²) in [6, 6.07) is 17.0. The first-order chi connectivity index (χ1) is 15.4. The summed E-state index contributed by atoms with van der Waals surface area (Å²) >= 11 is 0. The van der Waals surface area contributed by atoms with E-state index in [1.807, 2.05) is 61.5 Å². The number of nitrogens with zero attached hydrogens (tertiary/aromatic N) is 1. The zero-order valence-corrected chi connectivity index (χ0v) is 18.5. The zero-order valence-electron chi connectivity index (χ0n) is 18.5. The number of carbonyl (C=O) groups excluding carboxylic acids is 1. The SMILES string of the molecule is Cc1ccc(OCCCCCC(=O)O)c(CN(C)C(=O)c2ccc(-c3ccco3)cc2)c1. The highest BCUT2D eigenvalue weighted by Gasteiger charge is 2.15. The van der Waals surface area contributed by atoms with Crippen LogP contribution in [0.4, 0.5) is 0 Å². The van der Waals surface area contributed by atoms with Crippen LogP contribution in [0.3, 0.4) is 0 Å². The molecule has 1 amide bonds. The number of rotatable bonds is 11. The molecular weight excluding hydrogens is 406 g/mol. The number of carboxylic acids is 1. The van der Waals surface area contributed by atoms with Crippen LogP contribution in [0.25, 0.3) is 11.3 Å². The van der Waals surface area contributed by atoms with E-state index in [1.54, 1.807) is 18.2 Å². The Morgan fingerprint density at radius 2 is 1.81 bits per heavy atom. The number of benzene rings is 2. The van der Waals surface area contributed by atoms with Crippen molar-refractivity contribution >= 4 is 11.9 Å². The molecule has 1 N–H and O–H groups in total. The molecule has 2 aromatic carbocycles. The Labute approximate surface area is 188 Å². The zero-order chi connectivity index (χ0) is 22.9. The van der Waals surface area contributed by atoms with Gasteiger partial charge in [0.2, 0.25) is 0 Å². The average molecular weight is 436 g/mol. The van der Waals surface area contributed by atoms with E-state index < -0.39 is 5.97 Å². The second-order valence-corrected chi connectivity index (χ2v) is 7.88. The largest absolute Gasteiger partial charge is 0.493 e. The fraction of sp³-hybridized carbons (Fsp3) is 0.308. The minimum Gasteiger partial charge on any atom is -0.493 e. The van der Waals surface area contributed by atoms with Gasteiger partial charge in [0.15, 0.2) is 0 Å². The van der Waals surface area contributed by atoms with Crippen LogP contribution in [-0.2, 0) is 11.3 Å². The summed E-state index contributed by atoms with van der Waals surface area (Å²) in [7, 11) is 1.78. The molecule has 32 heavy (non-hydrogen) atoms. The number of aliphatic carboxylic acids is 1. The van der Waals surface area contributed by atoms with Gasteiger partial charge in [0, 0.05) is 36.7 Å². The molecule has 0 atom stereocenters. The van der Waals surface area contributed by atoms with E-state index in [0.717, 1.165) is 41.0 Å². The number of hydrogen-bond acceptors (Lipinski definition) is 4. The molecule has 0 bridgehead atoms. The van der Waals surface area contributed by atoms with Crippen molar-refractivity contribution in [2.45, 2.75) is 39.2 Å². The van der Waals surface area contributed by atoms with Crippen LogP contribution >= 0.6 is 0 Å². The van der Waals surface area contributed by atoms with Crippen LogP contribution < -0.4 is 4.74 Å². The van der Waals surface area contributed by atoms with Gasteiger partial charge in [0.1, 0.15) is 11.5 Å². The fourth-order valence-electron chi connectivity index (χ4n) is 3.48. The molecule has 1 aromatic heterocycles. The summed E-state index contributed by atoms with van der Waals surface area (Å²) in [6.07, 6.45) is 4.05. The quantitative estimate of drug-likeness (QED) is 0.399. The third kappa shape index (κ3) is 6.48. The number of ether oxygens (including phenoxy) is 1. The summed E-state index contributed by atoms with van der Waals surface area (Å²) in [6.45, 7) is 2.95. The lowest BCUT2D eigenvalue weighted by Crippen LogP contribution is -2.26. The standard InChI is InChI=1S/C26H29NO5/c1-19-9-14-24(31-15-5-3-4-8-25(28)29)22(17-19)18-27(2)26(30)21-12-10-20(11-13-21)23-7-6-16-32-23/h6-7,9-14,16-17H,3-5,8,15,18H2,1-2H3,(H,28,29). The topological polar surface area (TPSA) is 80.0 Å². The van der Waals surface area contributed by atoms with Gasteiger partial charge in [-0.1, -0.05) is 29.8 Å². The molecule has 0 saturated heterocycles. The van der Waals surface area contributed by atoms with Crippen LogP contribution in [0.15, 0.2) is 65.3 Å². The predicted octanol–water partition coefficient (Wildman–Crippen LogP) is 5.55. The van der Waals surface area contributed by atoms with Crippen LogP contribution in [-0.4, -0.2) is 35.5 Å². The first-order valence-corrected chi connectivity index (χ1v) is 10.8. The number of furan rings is 1. The summed E-state index contributed by atoms with van der Waals surface area (Å²) < 4.78 is 11.3. The first-order valence-electron chi connectivity index (χ1n) is 10.8. The molecule has 0 unspecified atom stereocenters. The molecule has 0 fully saturated rings. The van der Waals surface area contributed by atoms with Gasteiger partial charge in [-0.3, -0.25) is 9.59 Å². The second kappa shape index (κ2) is 11.2. The van der Waals surface area contributed by atoms with Gasteiger partial charge in [0.05, 0.1) is 12.9 Å². The molecule has 0 aliphatic carbocycles. The molecular formula is C26H29NO5. The third-order valence-electron chi connectivity index (χ3n) is 5.20. The molecule has 1 heterocycles. The van der Waals surface area contributed by atoms with Gasteiger partial charge in [-0.15, -0.1) is 0 Å². The Hall–Kier alpha value is -3.54. The van der Waals surface area contributed by atoms with E-state index in [2.05, 4.69) is 0 Å². The Bertz CT molecular complexity index is 1020. The Morgan fingerprint density at radius 1 is 1.03 bits per heavy atom. The molecule has 0 aliphatic rings. The van der Waals surface area contributed by atoms with Gasteiger partial charge in [0.25, 0.3) is 5.91 Å². The van der Waals surface area contributed by atoms with Crippen molar-refractivity contribution in [1.29, 1.82) is 0 Å². The summed E-state index contributed by atoms with van der Waals surface area (Å²) in [5.41, 5.74) is 3.57. The van der Waals surface area contributed by atoms with Crippen molar-refractivity contribution < 1.29 is 23.8 Å². The molecule has 0 saturated carbocycles. The maximum absolute atomic E-state index is 12.9. The molecule has 6 nitrogen and oxygen atoms in total. The predicted molar refractivity (Wildman–Crippen MR) is 123 cm³/mol. The van der Waals surface area contributed by atoms with Crippen molar-refractivity contribution in [3.63, 3.8) is 0 Å². The van der Waals surface area contributed by atoms with E-state index in [4.69, 9.17) is 14.3 Å². The van der Waals surface area contributed by atoms with Crippen LogP contribution in [0, 0.1) is 6.92 Å². The minimum atomic E-state index is -0.768. The van der Waals surface area contributed by atoms with Gasteiger partial charge in [-0.25, -0.2) is 0 Å². The summed E-state index contributed by atoms with van der Waals surface area (Å²) in [5.74, 6) is 0.677. The molecule has 0 spiro atoms. The molecule has 0 aliphatic heterocycles. The van der Waals surface area contributed by atoms with Gasteiger partial charge < -0.3 is 19.2 Å². The number of carboxylic acid groups (broad SMARTS) is 1. The maximum atomic E-state index is 12.9. The lowest BCUT2D eigenvalue weighted by molar-refractivity contribution is -0.137. The van der Waals surface area contributed by atoms with Crippen molar-refractivity contribution in [2.75, 3.05) is 13.7 Å². The first kappa shape index (κ1) is 23.1. The van der Waals surface area contributed by atoms with E-state index in [1.165, 1.54) is 0 Å². The lowest BCUT2D eigenvalue weighted by Gasteiger charge is -2.20. The fourth-order valence-corrected chi connectivity index (χ4v) is 3.48. The van der Waals surface area contributed by atoms with Crippen molar-refractivity contribution in [3.05, 3.63) is 77.6 Å². The number of amides is 1. The van der Waals surface area contributed by atoms with Crippen molar-refractivity contribution in [2.24, 2.45) is 0 Å². The Balaban J connectivity index is 1.59. The molecule has 6 heteroatoms. The minimum absolute atomic E-state index is 0.0721. The normalized spacial score (nSPS) is 10.7. The molecule has 168 valence electrons. The highest BCUT2D eigenvalue weighted by atomic mass is 16.5. The second-order valence-electron chi connectivity index (χ2n) is 7.88. The van der Waals surface area contributed by atoms with Crippen molar-refractivity contribution in [3.8, 4) is 17.1 Å². The molecule has 3 aromatic rings. The lowest BCUT2D eigenvalue weighted by atomic mass is 10.1. The Morgan fingerprint density at radius 3 is 2.50 bits per heavy atom. The monoisotopic (exact) mass is 435 g/mol. The highest BCUT2D eigenvalue weighted by molar-refractivity contribution is 5.94. The van der Waals surface area contributed by atoms with Crippen LogP contribution in [0.1, 0.15) is 47.2 Å². The van der Waals surface area contributed by atoms with E-state index in [-0.39, 0.29) is 12.3 Å². The number of aryl methyl sites for hydroxylation is 1. The maximum Gasteiger partial charge on any atom is 0.303 e. The van der Waals surface area contributed by atoms with E-state index in [9.17, 15) is 9.59 Å². The average Bonchev–Trinajstić information content (AvgIpc) is 3.32.